The predicted molar refractivity (Wildman–Crippen MR) is 364 cm³/mol. The minimum absolute atomic E-state index is 0.285. The smallest absolute Gasteiger partial charge is 0.0574 e. The van der Waals surface area contributed by atoms with E-state index in [1.54, 1.807) is 0 Å². The fourth-order valence-corrected chi connectivity index (χ4v) is 17.8. The molecule has 81 heavy (non-hydrogen) atoms. The van der Waals surface area contributed by atoms with Crippen molar-refractivity contribution in [2.24, 2.45) is 0 Å². The van der Waals surface area contributed by atoms with Gasteiger partial charge >= 0.3 is 0 Å². The molecule has 8 aromatic rings. The maximum atomic E-state index is 7.33. The zero-order valence-electron chi connectivity index (χ0n) is 49.7. The van der Waals surface area contributed by atoms with Crippen LogP contribution in [0.4, 0.5) is 0 Å². The number of nitrogens with zero attached hydrogens (tertiary/aromatic N) is 4. The van der Waals surface area contributed by atoms with Crippen LogP contribution >= 0.6 is 34.3 Å². The van der Waals surface area contributed by atoms with Crippen molar-refractivity contribution in [1.29, 1.82) is 0 Å². The molecule has 0 aliphatic carbocycles. The van der Waals surface area contributed by atoms with Gasteiger partial charge in [-0.25, -0.2) is 0 Å². The van der Waals surface area contributed by atoms with Crippen LogP contribution in [0, 0.1) is 0 Å². The lowest BCUT2D eigenvalue weighted by atomic mass is 10.0. The van der Waals surface area contributed by atoms with Crippen molar-refractivity contribution in [1.82, 2.24) is 19.6 Å². The number of hydrogen-bond acceptors (Lipinski definition) is 5. The molecule has 5 nitrogen and oxygen atoms in total. The van der Waals surface area contributed by atoms with Gasteiger partial charge in [0, 0.05) is 37.0 Å². The lowest BCUT2D eigenvalue weighted by Crippen LogP contribution is -2.22. The van der Waals surface area contributed by atoms with Crippen LogP contribution in [-0.2, 0) is 30.9 Å². The van der Waals surface area contributed by atoms with E-state index in [-0.39, 0.29) is 10.8 Å². The number of benzene rings is 8. The Hall–Kier alpha value is -4.72. The summed E-state index contributed by atoms with van der Waals surface area (Å²) in [7, 11) is 2.25. The first-order valence-electron chi connectivity index (χ1n) is 30.0. The van der Waals surface area contributed by atoms with Crippen molar-refractivity contribution in [2.45, 2.75) is 92.4 Å². The second-order valence-electron chi connectivity index (χ2n) is 21.0. The maximum absolute atomic E-state index is 7.33. The average Bonchev–Trinajstić information content (AvgIpc) is 3.52. The normalized spacial score (nSPS) is 13.1. The highest BCUT2D eigenvalue weighted by atomic mass is 31.1. The molecule has 0 N–H and O–H groups in total. The van der Waals surface area contributed by atoms with Crippen LogP contribution in [0.1, 0.15) is 77.6 Å². The van der Waals surface area contributed by atoms with Gasteiger partial charge < -0.3 is 4.74 Å². The van der Waals surface area contributed by atoms with Gasteiger partial charge in [0.15, 0.2) is 0 Å². The van der Waals surface area contributed by atoms with Gasteiger partial charge in [0.05, 0.1) is 13.2 Å². The Kier molecular flexibility index (Phi) is 25.4. The Bertz CT molecular complexity index is 2680. The van der Waals surface area contributed by atoms with Crippen molar-refractivity contribution < 1.29 is 4.74 Å². The molecule has 0 saturated carbocycles. The van der Waals surface area contributed by atoms with Gasteiger partial charge in [-0.05, 0) is 140 Å². The molecule has 9 heteroatoms. The lowest BCUT2D eigenvalue weighted by molar-refractivity contribution is 0.157. The third kappa shape index (κ3) is 18.1. The summed E-state index contributed by atoms with van der Waals surface area (Å²) in [6, 6.07) is 74.1. The minimum atomic E-state index is 0.285. The van der Waals surface area contributed by atoms with Crippen molar-refractivity contribution in [2.75, 3.05) is 65.6 Å². The van der Waals surface area contributed by atoms with Gasteiger partial charge in [-0.15, -0.1) is 0 Å². The van der Waals surface area contributed by atoms with Gasteiger partial charge in [-0.2, -0.15) is 0 Å². The molecule has 0 radical (unpaired) electrons. The highest BCUT2D eigenvalue weighted by molar-refractivity contribution is 7.66. The SMILES string of the molecule is CCN(CC)Cc1ccc(-c2ccccc2PC(COCC(Pc2ccccc2-c2ccc(CN(CC)CC)cc2)Pc2ccccc2-c2ccc(CN(CC)CC)cc2)Pc2ccccc2-c2ccc(CN(CC)CC)cc2)cc1. The van der Waals surface area contributed by atoms with E-state index in [0.717, 1.165) is 78.5 Å². The molecule has 4 unspecified atom stereocenters. The Balaban J connectivity index is 1.12. The quantitative estimate of drug-likeness (QED) is 0.0391. The summed E-state index contributed by atoms with van der Waals surface area (Å²) in [6.45, 7) is 31.7. The van der Waals surface area contributed by atoms with E-state index in [0.29, 0.717) is 47.5 Å². The van der Waals surface area contributed by atoms with Crippen LogP contribution < -0.4 is 21.2 Å². The Morgan fingerprint density at radius 3 is 0.667 bits per heavy atom. The van der Waals surface area contributed by atoms with Gasteiger partial charge in [-0.3, -0.25) is 19.6 Å². The van der Waals surface area contributed by atoms with E-state index >= 15 is 0 Å². The summed E-state index contributed by atoms with van der Waals surface area (Å²) in [6.07, 6.45) is 0. The first kappa shape index (κ1) is 62.3. The second kappa shape index (κ2) is 32.9. The number of hydrogen-bond donors (Lipinski definition) is 0. The van der Waals surface area contributed by atoms with Gasteiger partial charge in [0.25, 0.3) is 0 Å². The molecular formula is C72H90N4OP4. The van der Waals surface area contributed by atoms with Crippen LogP contribution in [0.3, 0.4) is 0 Å². The van der Waals surface area contributed by atoms with Crippen LogP contribution in [0.2, 0.25) is 0 Å². The summed E-state index contributed by atoms with van der Waals surface area (Å²) in [5.41, 5.74) is 15.9. The zero-order chi connectivity index (χ0) is 56.8. The summed E-state index contributed by atoms with van der Waals surface area (Å²) >= 11 is 0. The third-order valence-corrected chi connectivity index (χ3v) is 22.6. The van der Waals surface area contributed by atoms with E-state index in [1.165, 1.54) is 88.0 Å². The molecule has 0 heterocycles. The van der Waals surface area contributed by atoms with Crippen molar-refractivity contribution in [3.05, 3.63) is 216 Å². The lowest BCUT2D eigenvalue weighted by Gasteiger charge is -2.25. The molecule has 0 saturated heterocycles. The fourth-order valence-electron chi connectivity index (χ4n) is 10.7. The molecule has 4 atom stereocenters. The van der Waals surface area contributed by atoms with E-state index in [4.69, 9.17) is 4.74 Å². The van der Waals surface area contributed by atoms with E-state index in [1.807, 2.05) is 0 Å². The molecule has 0 aliphatic rings. The molecule has 0 amide bonds. The first-order valence-corrected chi connectivity index (χ1v) is 34.3. The van der Waals surface area contributed by atoms with Gasteiger partial charge in [0.2, 0.25) is 0 Å². The Morgan fingerprint density at radius 2 is 0.469 bits per heavy atom. The van der Waals surface area contributed by atoms with Crippen LogP contribution in [-0.4, -0.2) is 96.0 Å². The summed E-state index contributed by atoms with van der Waals surface area (Å²) in [5.74, 6) is 0. The topological polar surface area (TPSA) is 22.2 Å². The van der Waals surface area contributed by atoms with Crippen molar-refractivity contribution in [3.8, 4) is 44.5 Å². The fraction of sp³-hybridized carbons (Fsp3) is 0.333. The predicted octanol–water partition coefficient (Wildman–Crippen LogP) is 15.7. The highest BCUT2D eigenvalue weighted by Gasteiger charge is 2.22. The van der Waals surface area contributed by atoms with Crippen LogP contribution in [0.25, 0.3) is 44.5 Å². The average molecular weight is 1150 g/mol. The summed E-state index contributed by atoms with van der Waals surface area (Å²) < 4.78 is 7.33. The van der Waals surface area contributed by atoms with Gasteiger partial charge in [0.1, 0.15) is 0 Å². The molecule has 0 bridgehead atoms. The van der Waals surface area contributed by atoms with Gasteiger partial charge in [-0.1, -0.05) is 284 Å². The molecule has 0 aliphatic heterocycles. The second-order valence-corrected chi connectivity index (χ2v) is 28.3. The van der Waals surface area contributed by atoms with E-state index in [2.05, 4.69) is 269 Å². The van der Waals surface area contributed by atoms with E-state index in [9.17, 15) is 0 Å². The minimum Gasteiger partial charge on any atom is -0.379 e. The monoisotopic (exact) mass is 1150 g/mol. The maximum Gasteiger partial charge on any atom is 0.0574 e. The standard InChI is InChI=1S/C72H90N4OP4/c1-9-73(10-2)49-55-33-41-59(42-34-55)63-25-17-21-29-67(63)78-71(79-68-30-22-18-26-64(68)60-43-35-56(36-44-60)50-74(11-3)12-4)53-77-54-72(80-69-31-23-19-27-65(69)61-45-37-57(38-46-61)51-75(13-5)14-6)81-70-32-24-20-28-66(70)62-47-39-58(40-48-62)52-76(15-7)16-8/h17-48,71-72,78-81H,9-16,49-54H2,1-8H3. The third-order valence-electron chi connectivity index (χ3n) is 15.9. The Morgan fingerprint density at radius 1 is 0.272 bits per heavy atom. The largest absolute Gasteiger partial charge is 0.379 e. The Labute approximate surface area is 495 Å². The molecule has 8 aromatic carbocycles. The molecular weight excluding hydrogens is 1060 g/mol. The molecule has 424 valence electrons. The number of rotatable bonds is 32. The first-order chi connectivity index (χ1) is 39.7. The van der Waals surface area contributed by atoms with Crippen LogP contribution in [0.5, 0.6) is 0 Å². The molecule has 0 aromatic heterocycles. The number of ether oxygens (including phenoxy) is 1. The molecule has 0 spiro atoms. The molecule has 8 rings (SSSR count). The molecule has 0 fully saturated rings. The summed E-state index contributed by atoms with van der Waals surface area (Å²) in [5, 5.41) is 6.19. The van der Waals surface area contributed by atoms with Crippen LogP contribution in [0.15, 0.2) is 194 Å². The van der Waals surface area contributed by atoms with Crippen molar-refractivity contribution >= 4 is 55.5 Å². The van der Waals surface area contributed by atoms with E-state index < -0.39 is 0 Å². The summed E-state index contributed by atoms with van der Waals surface area (Å²) in [4.78, 5) is 9.93. The van der Waals surface area contributed by atoms with Crippen molar-refractivity contribution in [3.63, 3.8) is 0 Å². The highest BCUT2D eigenvalue weighted by Crippen LogP contribution is 2.42. The zero-order valence-corrected chi connectivity index (χ0v) is 53.7.